The average molecular weight is 358 g/mol. The first-order valence-electron chi connectivity index (χ1n) is 8.72. The first-order chi connectivity index (χ1) is 12.1. The van der Waals surface area contributed by atoms with Gasteiger partial charge in [0.2, 0.25) is 5.91 Å². The molecule has 6 nitrogen and oxygen atoms in total. The molecule has 25 heavy (non-hydrogen) atoms. The number of fused-ring (bicyclic) bond motifs is 1. The summed E-state index contributed by atoms with van der Waals surface area (Å²) in [6, 6.07) is 5.69. The van der Waals surface area contributed by atoms with Gasteiger partial charge in [-0.3, -0.25) is 14.5 Å². The first-order valence-corrected chi connectivity index (χ1v) is 9.60. The fraction of sp³-hybridized carbons (Fsp3) is 0.500. The lowest BCUT2D eigenvalue weighted by Gasteiger charge is -2.44. The Balaban J connectivity index is 1.50. The topological polar surface area (TPSA) is 65.5 Å². The SMILES string of the molecule is CN1CCCNC(=O)C12CCN(C(=O)c1ccc3scnc3c1)CC2. The number of rotatable bonds is 1. The van der Waals surface area contributed by atoms with Crippen LogP contribution in [0.2, 0.25) is 0 Å². The van der Waals surface area contributed by atoms with E-state index in [2.05, 4.69) is 15.2 Å². The van der Waals surface area contributed by atoms with Crippen molar-refractivity contribution in [2.75, 3.05) is 33.2 Å². The molecule has 3 heterocycles. The highest BCUT2D eigenvalue weighted by molar-refractivity contribution is 7.16. The Kier molecular flexibility index (Phi) is 4.21. The number of likely N-dealkylation sites (N-methyl/N-ethyl adjacent to an activating group) is 1. The van der Waals surface area contributed by atoms with E-state index in [9.17, 15) is 9.59 Å². The molecule has 0 bridgehead atoms. The average Bonchev–Trinajstić information content (AvgIpc) is 3.07. The number of carbonyl (C=O) groups is 2. The summed E-state index contributed by atoms with van der Waals surface area (Å²) < 4.78 is 1.09. The van der Waals surface area contributed by atoms with Gasteiger partial charge in [0.15, 0.2) is 0 Å². The predicted molar refractivity (Wildman–Crippen MR) is 97.7 cm³/mol. The largest absolute Gasteiger partial charge is 0.354 e. The summed E-state index contributed by atoms with van der Waals surface area (Å²) in [7, 11) is 2.03. The molecule has 2 amide bonds. The second-order valence-electron chi connectivity index (χ2n) is 6.89. The van der Waals surface area contributed by atoms with E-state index in [1.807, 2.05) is 30.1 Å². The first kappa shape index (κ1) is 16.5. The van der Waals surface area contributed by atoms with E-state index in [0.29, 0.717) is 31.5 Å². The molecule has 2 aliphatic rings. The molecular formula is C18H22N4O2S. The lowest BCUT2D eigenvalue weighted by molar-refractivity contribution is -0.134. The third-order valence-electron chi connectivity index (χ3n) is 5.56. The van der Waals surface area contributed by atoms with Crippen LogP contribution in [0.15, 0.2) is 23.7 Å². The van der Waals surface area contributed by atoms with Crippen molar-refractivity contribution < 1.29 is 9.59 Å². The molecule has 1 aromatic carbocycles. The Morgan fingerprint density at radius 2 is 2.08 bits per heavy atom. The Morgan fingerprint density at radius 1 is 1.28 bits per heavy atom. The van der Waals surface area contributed by atoms with E-state index in [1.165, 1.54) is 0 Å². The molecule has 1 aromatic heterocycles. The highest BCUT2D eigenvalue weighted by atomic mass is 32.1. The number of amides is 2. The number of hydrogen-bond acceptors (Lipinski definition) is 5. The van der Waals surface area contributed by atoms with Crippen LogP contribution in [-0.4, -0.2) is 65.4 Å². The number of piperidine rings is 1. The molecule has 1 spiro atoms. The minimum atomic E-state index is -0.466. The van der Waals surface area contributed by atoms with Crippen molar-refractivity contribution in [2.45, 2.75) is 24.8 Å². The molecule has 0 atom stereocenters. The van der Waals surface area contributed by atoms with Gasteiger partial charge >= 0.3 is 0 Å². The Bertz CT molecular complexity index is 810. The Morgan fingerprint density at radius 3 is 2.88 bits per heavy atom. The van der Waals surface area contributed by atoms with Gasteiger partial charge in [-0.1, -0.05) is 0 Å². The smallest absolute Gasteiger partial charge is 0.253 e. The number of likely N-dealkylation sites (tertiary alicyclic amines) is 1. The maximum absolute atomic E-state index is 12.9. The molecule has 0 radical (unpaired) electrons. The molecule has 2 fully saturated rings. The summed E-state index contributed by atoms with van der Waals surface area (Å²) in [6.45, 7) is 2.85. The molecular weight excluding hydrogens is 336 g/mol. The van der Waals surface area contributed by atoms with E-state index < -0.39 is 5.54 Å². The van der Waals surface area contributed by atoms with Crippen LogP contribution in [0.3, 0.4) is 0 Å². The second-order valence-corrected chi connectivity index (χ2v) is 7.78. The number of hydrogen-bond donors (Lipinski definition) is 1. The van der Waals surface area contributed by atoms with Crippen molar-refractivity contribution in [3.63, 3.8) is 0 Å². The maximum Gasteiger partial charge on any atom is 0.253 e. The van der Waals surface area contributed by atoms with Gasteiger partial charge in [-0.15, -0.1) is 11.3 Å². The normalized spacial score (nSPS) is 21.3. The van der Waals surface area contributed by atoms with Gasteiger partial charge in [-0.2, -0.15) is 0 Å². The molecule has 0 saturated carbocycles. The van der Waals surface area contributed by atoms with Crippen LogP contribution in [0.4, 0.5) is 0 Å². The van der Waals surface area contributed by atoms with E-state index in [-0.39, 0.29) is 11.8 Å². The summed E-state index contributed by atoms with van der Waals surface area (Å²) in [4.78, 5) is 33.8. The molecule has 4 rings (SSSR count). The van der Waals surface area contributed by atoms with Gasteiger partial charge in [0.25, 0.3) is 5.91 Å². The van der Waals surface area contributed by atoms with Crippen LogP contribution >= 0.6 is 11.3 Å². The van der Waals surface area contributed by atoms with Gasteiger partial charge in [-0.05, 0) is 44.5 Å². The van der Waals surface area contributed by atoms with Crippen molar-refractivity contribution in [3.05, 3.63) is 29.3 Å². The quantitative estimate of drug-likeness (QED) is 0.843. The van der Waals surface area contributed by atoms with Gasteiger partial charge in [0.1, 0.15) is 5.54 Å². The third kappa shape index (κ3) is 2.81. The zero-order chi connectivity index (χ0) is 17.4. The number of thiazole rings is 1. The van der Waals surface area contributed by atoms with Crippen LogP contribution < -0.4 is 5.32 Å². The Labute approximate surface area is 150 Å². The van der Waals surface area contributed by atoms with Crippen molar-refractivity contribution in [1.82, 2.24) is 20.1 Å². The van der Waals surface area contributed by atoms with Gasteiger partial charge in [0.05, 0.1) is 15.7 Å². The van der Waals surface area contributed by atoms with Crippen molar-refractivity contribution in [3.8, 4) is 0 Å². The number of carbonyl (C=O) groups excluding carboxylic acids is 2. The predicted octanol–water partition coefficient (Wildman–Crippen LogP) is 1.72. The van der Waals surface area contributed by atoms with E-state index >= 15 is 0 Å². The third-order valence-corrected chi connectivity index (χ3v) is 6.37. The van der Waals surface area contributed by atoms with Crippen LogP contribution in [0.5, 0.6) is 0 Å². The van der Waals surface area contributed by atoms with Gasteiger partial charge < -0.3 is 10.2 Å². The van der Waals surface area contributed by atoms with Crippen LogP contribution in [0, 0.1) is 0 Å². The van der Waals surface area contributed by atoms with Gasteiger partial charge in [0, 0.05) is 31.7 Å². The van der Waals surface area contributed by atoms with E-state index in [1.54, 1.807) is 16.8 Å². The fourth-order valence-electron chi connectivity index (χ4n) is 3.93. The monoisotopic (exact) mass is 358 g/mol. The highest BCUT2D eigenvalue weighted by Crippen LogP contribution is 2.31. The Hall–Kier alpha value is -1.99. The van der Waals surface area contributed by atoms with E-state index in [4.69, 9.17) is 0 Å². The number of benzene rings is 1. The van der Waals surface area contributed by atoms with Crippen molar-refractivity contribution in [2.24, 2.45) is 0 Å². The summed E-state index contributed by atoms with van der Waals surface area (Å²) in [6.07, 6.45) is 2.33. The summed E-state index contributed by atoms with van der Waals surface area (Å²) >= 11 is 1.57. The summed E-state index contributed by atoms with van der Waals surface area (Å²) in [5.74, 6) is 0.143. The molecule has 132 valence electrons. The molecule has 1 N–H and O–H groups in total. The highest BCUT2D eigenvalue weighted by Gasteiger charge is 2.46. The van der Waals surface area contributed by atoms with Crippen LogP contribution in [0.25, 0.3) is 10.2 Å². The number of nitrogens with zero attached hydrogens (tertiary/aromatic N) is 3. The molecule has 2 aliphatic heterocycles. The number of nitrogens with one attached hydrogen (secondary N) is 1. The molecule has 2 saturated heterocycles. The molecule has 0 unspecified atom stereocenters. The zero-order valence-electron chi connectivity index (χ0n) is 14.3. The van der Waals surface area contributed by atoms with Crippen molar-refractivity contribution in [1.29, 1.82) is 0 Å². The standard InChI is InChI=1S/C18H22N4O2S/c1-21-8-2-7-19-17(24)18(21)5-9-22(10-6-18)16(23)13-3-4-15-14(11-13)20-12-25-15/h3-4,11-12H,2,5-10H2,1H3,(H,19,24). The van der Waals surface area contributed by atoms with Crippen molar-refractivity contribution >= 4 is 33.4 Å². The second kappa shape index (κ2) is 6.38. The van der Waals surface area contributed by atoms with Crippen LogP contribution in [-0.2, 0) is 4.79 Å². The minimum Gasteiger partial charge on any atom is -0.354 e. The lowest BCUT2D eigenvalue weighted by Crippen LogP contribution is -2.61. The molecule has 7 heteroatoms. The van der Waals surface area contributed by atoms with E-state index in [0.717, 1.165) is 29.7 Å². The minimum absolute atomic E-state index is 0.0291. The zero-order valence-corrected chi connectivity index (χ0v) is 15.1. The molecule has 2 aromatic rings. The molecule has 0 aliphatic carbocycles. The summed E-state index contributed by atoms with van der Waals surface area (Å²) in [5, 5.41) is 3.04. The fourth-order valence-corrected chi connectivity index (χ4v) is 4.59. The summed E-state index contributed by atoms with van der Waals surface area (Å²) in [5.41, 5.74) is 2.87. The van der Waals surface area contributed by atoms with Crippen LogP contribution in [0.1, 0.15) is 29.6 Å². The van der Waals surface area contributed by atoms with Gasteiger partial charge in [-0.25, -0.2) is 4.98 Å². The maximum atomic E-state index is 12.9. The lowest BCUT2D eigenvalue weighted by atomic mass is 9.85. The number of aromatic nitrogens is 1.